The van der Waals surface area contributed by atoms with Crippen molar-refractivity contribution in [3.8, 4) is 0 Å². The van der Waals surface area contributed by atoms with Gasteiger partial charge < -0.3 is 14.8 Å². The van der Waals surface area contributed by atoms with Gasteiger partial charge in [0.05, 0.1) is 7.11 Å². The minimum absolute atomic E-state index is 0.0422. The van der Waals surface area contributed by atoms with Gasteiger partial charge in [0.2, 0.25) is 0 Å². The smallest absolute Gasteiger partial charge is 0.330 e. The Hall–Kier alpha value is -1.36. The molecule has 1 heterocycles. The first kappa shape index (κ1) is 16.7. The second-order valence-corrected chi connectivity index (χ2v) is 5.54. The molecule has 0 aliphatic carbocycles. The lowest BCUT2D eigenvalue weighted by atomic mass is 9.94. The van der Waals surface area contributed by atoms with Gasteiger partial charge >= 0.3 is 11.9 Å². The minimum Gasteiger partial charge on any atom is -0.466 e. The summed E-state index contributed by atoms with van der Waals surface area (Å²) >= 11 is 0. The zero-order valence-corrected chi connectivity index (χ0v) is 12.7. The fraction of sp³-hybridized carbons (Fsp3) is 0.733. The zero-order valence-electron chi connectivity index (χ0n) is 12.7. The number of nitrogens with one attached hydrogen (secondary N) is 1. The van der Waals surface area contributed by atoms with Gasteiger partial charge in [0.15, 0.2) is 0 Å². The summed E-state index contributed by atoms with van der Waals surface area (Å²) in [6.07, 6.45) is 4.69. The Morgan fingerprint density at radius 3 is 2.50 bits per heavy atom. The highest BCUT2D eigenvalue weighted by Crippen LogP contribution is 2.20. The number of hydrogen-bond acceptors (Lipinski definition) is 5. The zero-order chi connectivity index (χ0) is 15.1. The predicted octanol–water partition coefficient (Wildman–Crippen LogP) is 1.67. The van der Waals surface area contributed by atoms with E-state index in [9.17, 15) is 9.59 Å². The predicted molar refractivity (Wildman–Crippen MR) is 76.1 cm³/mol. The van der Waals surface area contributed by atoms with Crippen molar-refractivity contribution in [3.05, 3.63) is 12.2 Å². The Labute approximate surface area is 120 Å². The number of hydrogen-bond donors (Lipinski definition) is 1. The molecule has 20 heavy (non-hydrogen) atoms. The van der Waals surface area contributed by atoms with E-state index < -0.39 is 5.97 Å². The Balaban J connectivity index is 2.61. The SMILES string of the molecule is COC(=O)/C=C/[C@@H](C)[C@H](OC(=O)[C@H]1CCCN1)C(C)C. The molecule has 0 bridgehead atoms. The third kappa shape index (κ3) is 4.96. The average Bonchev–Trinajstić information content (AvgIpc) is 2.95. The van der Waals surface area contributed by atoms with Gasteiger partial charge in [0.1, 0.15) is 12.1 Å². The summed E-state index contributed by atoms with van der Waals surface area (Å²) in [5.74, 6) is -0.459. The van der Waals surface area contributed by atoms with Crippen molar-refractivity contribution in [1.29, 1.82) is 0 Å². The van der Waals surface area contributed by atoms with E-state index in [-0.39, 0.29) is 30.0 Å². The molecular weight excluding hydrogens is 258 g/mol. The molecule has 5 heteroatoms. The van der Waals surface area contributed by atoms with Gasteiger partial charge in [0.25, 0.3) is 0 Å². The molecule has 114 valence electrons. The van der Waals surface area contributed by atoms with Gasteiger partial charge in [-0.3, -0.25) is 4.79 Å². The summed E-state index contributed by atoms with van der Waals surface area (Å²) in [5, 5.41) is 3.13. The van der Waals surface area contributed by atoms with Gasteiger partial charge in [0, 0.05) is 12.0 Å². The van der Waals surface area contributed by atoms with Crippen molar-refractivity contribution >= 4 is 11.9 Å². The highest BCUT2D eigenvalue weighted by Gasteiger charge is 2.29. The third-order valence-electron chi connectivity index (χ3n) is 3.51. The molecule has 0 amide bonds. The molecule has 1 rings (SSSR count). The maximum absolute atomic E-state index is 12.1. The lowest BCUT2D eigenvalue weighted by Gasteiger charge is -2.26. The largest absolute Gasteiger partial charge is 0.466 e. The van der Waals surface area contributed by atoms with Crippen LogP contribution in [0.1, 0.15) is 33.6 Å². The lowest BCUT2D eigenvalue weighted by molar-refractivity contribution is -0.155. The Kier molecular flexibility index (Phi) is 6.71. The molecule has 5 nitrogen and oxygen atoms in total. The van der Waals surface area contributed by atoms with Gasteiger partial charge in [-0.1, -0.05) is 26.8 Å². The summed E-state index contributed by atoms with van der Waals surface area (Å²) in [4.78, 5) is 23.2. The van der Waals surface area contributed by atoms with Gasteiger partial charge in [-0.2, -0.15) is 0 Å². The number of carbonyl (C=O) groups excluding carboxylic acids is 2. The van der Waals surface area contributed by atoms with E-state index in [1.807, 2.05) is 20.8 Å². The van der Waals surface area contributed by atoms with Crippen LogP contribution in [0, 0.1) is 11.8 Å². The van der Waals surface area contributed by atoms with Crippen LogP contribution in [0.5, 0.6) is 0 Å². The van der Waals surface area contributed by atoms with Crippen LogP contribution in [0.15, 0.2) is 12.2 Å². The van der Waals surface area contributed by atoms with Crippen molar-refractivity contribution in [3.63, 3.8) is 0 Å². The number of carbonyl (C=O) groups is 2. The normalized spacial score (nSPS) is 21.9. The fourth-order valence-corrected chi connectivity index (χ4v) is 2.36. The Morgan fingerprint density at radius 1 is 1.30 bits per heavy atom. The van der Waals surface area contributed by atoms with E-state index in [0.29, 0.717) is 0 Å². The number of esters is 2. The summed E-state index contributed by atoms with van der Waals surface area (Å²) in [6, 6.07) is -0.187. The molecule has 0 aromatic heterocycles. The van der Waals surface area contributed by atoms with E-state index in [1.54, 1.807) is 6.08 Å². The molecule has 1 aliphatic heterocycles. The summed E-state index contributed by atoms with van der Waals surface area (Å²) in [5.41, 5.74) is 0. The maximum atomic E-state index is 12.1. The molecule has 0 spiro atoms. The van der Waals surface area contributed by atoms with Crippen molar-refractivity contribution < 1.29 is 19.1 Å². The van der Waals surface area contributed by atoms with E-state index in [4.69, 9.17) is 4.74 Å². The van der Waals surface area contributed by atoms with Crippen LogP contribution in [-0.4, -0.2) is 37.7 Å². The van der Waals surface area contributed by atoms with Gasteiger partial charge in [-0.15, -0.1) is 0 Å². The molecule has 1 aliphatic rings. The van der Waals surface area contributed by atoms with Crippen molar-refractivity contribution in [2.24, 2.45) is 11.8 Å². The molecule has 1 N–H and O–H groups in total. The first-order valence-electron chi connectivity index (χ1n) is 7.15. The summed E-state index contributed by atoms with van der Waals surface area (Å²) in [7, 11) is 1.34. The average molecular weight is 283 g/mol. The van der Waals surface area contributed by atoms with Crippen LogP contribution < -0.4 is 5.32 Å². The van der Waals surface area contributed by atoms with E-state index in [0.717, 1.165) is 19.4 Å². The van der Waals surface area contributed by atoms with Crippen LogP contribution in [0.4, 0.5) is 0 Å². The van der Waals surface area contributed by atoms with Crippen molar-refractivity contribution in [2.75, 3.05) is 13.7 Å². The second kappa shape index (κ2) is 8.04. The molecule has 3 atom stereocenters. The quantitative estimate of drug-likeness (QED) is 0.593. The molecule has 0 radical (unpaired) electrons. The summed E-state index contributed by atoms with van der Waals surface area (Å²) < 4.78 is 10.2. The van der Waals surface area contributed by atoms with Crippen molar-refractivity contribution in [1.82, 2.24) is 5.32 Å². The topological polar surface area (TPSA) is 64.6 Å². The molecule has 0 aromatic carbocycles. The van der Waals surface area contributed by atoms with Crippen LogP contribution >= 0.6 is 0 Å². The first-order valence-corrected chi connectivity index (χ1v) is 7.15. The molecule has 0 saturated carbocycles. The number of rotatable bonds is 6. The molecule has 0 aromatic rings. The van der Waals surface area contributed by atoms with Crippen molar-refractivity contribution in [2.45, 2.75) is 45.8 Å². The fourth-order valence-electron chi connectivity index (χ4n) is 2.36. The molecule has 0 unspecified atom stereocenters. The monoisotopic (exact) mass is 283 g/mol. The van der Waals surface area contributed by atoms with E-state index >= 15 is 0 Å². The Morgan fingerprint density at radius 2 is 2.00 bits per heavy atom. The molecule has 1 fully saturated rings. The second-order valence-electron chi connectivity index (χ2n) is 5.54. The Bertz CT molecular complexity index is 359. The van der Waals surface area contributed by atoms with Gasteiger partial charge in [-0.05, 0) is 25.3 Å². The number of ether oxygens (including phenoxy) is 2. The standard InChI is InChI=1S/C15H25NO4/c1-10(2)14(11(3)7-8-13(17)19-4)20-15(18)12-6-5-9-16-12/h7-8,10-12,14,16H,5-6,9H2,1-4H3/b8-7+/t11-,12-,14-/m1/s1. The number of methoxy groups -OCH3 is 1. The maximum Gasteiger partial charge on any atom is 0.330 e. The summed E-state index contributed by atoms with van der Waals surface area (Å²) in [6.45, 7) is 6.80. The minimum atomic E-state index is -0.400. The van der Waals surface area contributed by atoms with E-state index in [1.165, 1.54) is 13.2 Å². The van der Waals surface area contributed by atoms with Crippen LogP contribution in [0.2, 0.25) is 0 Å². The highest BCUT2D eigenvalue weighted by atomic mass is 16.5. The lowest BCUT2D eigenvalue weighted by Crippen LogP contribution is -2.38. The first-order chi connectivity index (χ1) is 9.45. The van der Waals surface area contributed by atoms with Crippen LogP contribution in [0.3, 0.4) is 0 Å². The molecule has 1 saturated heterocycles. The third-order valence-corrected chi connectivity index (χ3v) is 3.51. The highest BCUT2D eigenvalue weighted by molar-refractivity contribution is 5.81. The molecular formula is C15H25NO4. The van der Waals surface area contributed by atoms with Crippen LogP contribution in [0.25, 0.3) is 0 Å². The van der Waals surface area contributed by atoms with E-state index in [2.05, 4.69) is 10.1 Å². The van der Waals surface area contributed by atoms with Gasteiger partial charge in [-0.25, -0.2) is 4.79 Å². The van der Waals surface area contributed by atoms with Crippen LogP contribution in [-0.2, 0) is 19.1 Å².